The number of hydrogen-bond acceptors (Lipinski definition) is 5. The van der Waals surface area contributed by atoms with E-state index >= 15 is 0 Å². The van der Waals surface area contributed by atoms with E-state index in [0.717, 1.165) is 0 Å². The summed E-state index contributed by atoms with van der Waals surface area (Å²) in [4.78, 5) is 27.6. The Kier molecular flexibility index (Phi) is 3.95. The summed E-state index contributed by atoms with van der Waals surface area (Å²) in [6, 6.07) is 2.61. The van der Waals surface area contributed by atoms with E-state index in [1.54, 1.807) is 4.89 Å². The summed E-state index contributed by atoms with van der Waals surface area (Å²) in [5.41, 5.74) is 5.79. The maximum Gasteiger partial charge on any atom is 0.263 e. The number of primary amides is 1. The Morgan fingerprint density at radius 1 is 1.50 bits per heavy atom. The monoisotopic (exact) mass is 319 g/mol. The predicted molar refractivity (Wildman–Crippen MR) is 69.3 cm³/mol. The molecule has 0 saturated heterocycles. The number of benzene rings is 1. The Balaban J connectivity index is 2.26. The van der Waals surface area contributed by atoms with Crippen LogP contribution in [0, 0.1) is 0 Å². The third kappa shape index (κ3) is 3.07. The maximum absolute atomic E-state index is 11.9. The van der Waals surface area contributed by atoms with Gasteiger partial charge in [-0.1, -0.05) is 16.5 Å². The van der Waals surface area contributed by atoms with Crippen molar-refractivity contribution in [2.24, 2.45) is 5.73 Å². The number of nitrogens with two attached hydrogens (primary N) is 1. The lowest BCUT2D eigenvalue weighted by Crippen LogP contribution is -2.29. The summed E-state index contributed by atoms with van der Waals surface area (Å²) in [7, 11) is -4.08. The third-order valence-electron chi connectivity index (χ3n) is 2.46. The molecule has 0 saturated carbocycles. The van der Waals surface area contributed by atoms with Crippen LogP contribution in [0.1, 0.15) is 5.56 Å². The van der Waals surface area contributed by atoms with Gasteiger partial charge < -0.3 is 11.1 Å². The number of fused-ring (bicyclic) bond motifs is 1. The Hall–Kier alpha value is -1.68. The van der Waals surface area contributed by atoms with Crippen molar-refractivity contribution in [2.75, 3.05) is 11.9 Å². The maximum atomic E-state index is 11.9. The first-order chi connectivity index (χ1) is 9.29. The molecule has 0 spiro atoms. The van der Waals surface area contributed by atoms with Crippen LogP contribution in [0.4, 0.5) is 5.69 Å². The van der Waals surface area contributed by atoms with Gasteiger partial charge in [-0.05, 0) is 17.7 Å². The molecule has 1 aliphatic rings. The summed E-state index contributed by atoms with van der Waals surface area (Å²) in [5, 5.41) is 2.46. The van der Waals surface area contributed by atoms with Crippen LogP contribution in [0.25, 0.3) is 0 Å². The molecule has 0 aliphatic carbocycles. The molecule has 0 bridgehead atoms. The molecule has 0 unspecified atom stereocenters. The highest BCUT2D eigenvalue weighted by molar-refractivity contribution is 7.89. The second-order valence-corrected chi connectivity index (χ2v) is 6.03. The lowest BCUT2D eigenvalue weighted by molar-refractivity contribution is -0.123. The molecule has 1 heterocycles. The van der Waals surface area contributed by atoms with E-state index in [2.05, 4.69) is 10.2 Å². The van der Waals surface area contributed by atoms with Gasteiger partial charge in [0.25, 0.3) is 10.0 Å². The summed E-state index contributed by atoms with van der Waals surface area (Å²) < 4.78 is 23.9. The van der Waals surface area contributed by atoms with E-state index in [1.807, 2.05) is 0 Å². The van der Waals surface area contributed by atoms with Crippen LogP contribution in [-0.2, 0) is 30.9 Å². The van der Waals surface area contributed by atoms with Gasteiger partial charge in [0.1, 0.15) is 11.5 Å². The number of carbonyl (C=O) groups is 2. The smallest absolute Gasteiger partial charge is 0.263 e. The number of rotatable bonds is 5. The van der Waals surface area contributed by atoms with Crippen molar-refractivity contribution in [1.82, 2.24) is 4.89 Å². The van der Waals surface area contributed by atoms with Crippen molar-refractivity contribution in [1.29, 1.82) is 0 Å². The number of nitrogens with one attached hydrogen (secondary N) is 2. The highest BCUT2D eigenvalue weighted by Gasteiger charge is 2.25. The normalized spacial score (nSPS) is 13.9. The molecule has 1 aliphatic heterocycles. The van der Waals surface area contributed by atoms with Gasteiger partial charge in [0.05, 0.1) is 11.4 Å². The lowest BCUT2D eigenvalue weighted by atomic mass is 10.2. The molecule has 10 heteroatoms. The fraction of sp³-hybridized carbons (Fsp3) is 0.200. The standard InChI is InChI=1S/C10H10ClN3O5S/c11-6-3-7-5(2-10(16)13-7)1-8(6)20(17,18)14-19-4-9(12)15/h1,3,14H,2,4H2,(H2,12,15)(H,13,16). The predicted octanol–water partition coefficient (Wildman–Crippen LogP) is -0.470. The van der Waals surface area contributed by atoms with Crippen LogP contribution in [0.5, 0.6) is 0 Å². The van der Waals surface area contributed by atoms with E-state index in [9.17, 15) is 18.0 Å². The quantitative estimate of drug-likeness (QED) is 0.632. The van der Waals surface area contributed by atoms with Gasteiger partial charge in [0.15, 0.2) is 0 Å². The van der Waals surface area contributed by atoms with Gasteiger partial charge in [0, 0.05) is 5.69 Å². The van der Waals surface area contributed by atoms with Crippen molar-refractivity contribution in [3.8, 4) is 0 Å². The Morgan fingerprint density at radius 2 is 2.20 bits per heavy atom. The molecule has 0 radical (unpaired) electrons. The summed E-state index contributed by atoms with van der Waals surface area (Å²) in [5.74, 6) is -1.08. The van der Waals surface area contributed by atoms with Crippen molar-refractivity contribution in [2.45, 2.75) is 11.3 Å². The second kappa shape index (κ2) is 5.37. The second-order valence-electron chi connectivity index (χ2n) is 4.01. The van der Waals surface area contributed by atoms with Crippen molar-refractivity contribution < 1.29 is 22.8 Å². The first kappa shape index (κ1) is 14.7. The number of amides is 2. The number of carbonyl (C=O) groups excluding carboxylic acids is 2. The van der Waals surface area contributed by atoms with Crippen molar-refractivity contribution in [3.05, 3.63) is 22.7 Å². The minimum absolute atomic E-state index is 0.0666. The molecule has 8 nitrogen and oxygen atoms in total. The minimum Gasteiger partial charge on any atom is -0.368 e. The highest BCUT2D eigenvalue weighted by atomic mass is 35.5. The molecule has 0 fully saturated rings. The molecule has 2 rings (SSSR count). The summed E-state index contributed by atoms with van der Waals surface area (Å²) >= 11 is 5.86. The van der Waals surface area contributed by atoms with Gasteiger partial charge in [-0.3, -0.25) is 14.4 Å². The molecule has 2 amide bonds. The van der Waals surface area contributed by atoms with Crippen molar-refractivity contribution in [3.63, 3.8) is 0 Å². The topological polar surface area (TPSA) is 128 Å². The highest BCUT2D eigenvalue weighted by Crippen LogP contribution is 2.32. The number of anilines is 1. The number of halogens is 1. The molecule has 20 heavy (non-hydrogen) atoms. The lowest BCUT2D eigenvalue weighted by Gasteiger charge is -2.09. The van der Waals surface area contributed by atoms with E-state index < -0.39 is 22.5 Å². The Labute approximate surface area is 119 Å². The van der Waals surface area contributed by atoms with Gasteiger partial charge in [0.2, 0.25) is 11.8 Å². The van der Waals surface area contributed by atoms with Gasteiger partial charge in [-0.15, -0.1) is 0 Å². The van der Waals surface area contributed by atoms with Crippen LogP contribution >= 0.6 is 11.6 Å². The zero-order valence-electron chi connectivity index (χ0n) is 9.97. The fourth-order valence-corrected chi connectivity index (χ4v) is 3.04. The number of sulfonamides is 1. The largest absolute Gasteiger partial charge is 0.368 e. The molecule has 108 valence electrons. The van der Waals surface area contributed by atoms with Crippen LogP contribution < -0.4 is 15.9 Å². The molecule has 1 aromatic carbocycles. The summed E-state index contributed by atoms with van der Waals surface area (Å²) in [6.45, 7) is -0.609. The first-order valence-electron chi connectivity index (χ1n) is 5.34. The zero-order chi connectivity index (χ0) is 14.9. The Morgan fingerprint density at radius 3 is 2.85 bits per heavy atom. The molecule has 1 aromatic rings. The van der Waals surface area contributed by atoms with Crippen molar-refractivity contribution >= 4 is 39.1 Å². The third-order valence-corrected chi connectivity index (χ3v) is 4.13. The van der Waals surface area contributed by atoms with Crippen LogP contribution in [0.2, 0.25) is 5.02 Å². The van der Waals surface area contributed by atoms with Gasteiger partial charge in [-0.25, -0.2) is 8.42 Å². The molecule has 4 N–H and O–H groups in total. The SMILES string of the molecule is NC(=O)CONS(=O)(=O)c1cc2c(cc1Cl)NC(=O)C2. The van der Waals surface area contributed by atoms with E-state index in [0.29, 0.717) is 11.3 Å². The van der Waals surface area contributed by atoms with Crippen LogP contribution in [0.15, 0.2) is 17.0 Å². The van der Waals surface area contributed by atoms with Gasteiger partial charge >= 0.3 is 0 Å². The average Bonchev–Trinajstić information content (AvgIpc) is 2.66. The molecular formula is C10H10ClN3O5S. The minimum atomic E-state index is -4.08. The number of hydrogen-bond donors (Lipinski definition) is 3. The molecule has 0 atom stereocenters. The van der Waals surface area contributed by atoms with Crippen LogP contribution in [0.3, 0.4) is 0 Å². The zero-order valence-corrected chi connectivity index (χ0v) is 11.5. The Bertz CT molecular complexity index is 688. The molecular weight excluding hydrogens is 310 g/mol. The van der Waals surface area contributed by atoms with E-state index in [4.69, 9.17) is 17.3 Å². The molecule has 0 aromatic heterocycles. The van der Waals surface area contributed by atoms with E-state index in [1.165, 1.54) is 12.1 Å². The van der Waals surface area contributed by atoms with Crippen LogP contribution in [-0.4, -0.2) is 26.8 Å². The van der Waals surface area contributed by atoms with Gasteiger partial charge in [-0.2, -0.15) is 0 Å². The summed E-state index contributed by atoms with van der Waals surface area (Å²) in [6.07, 6.45) is 0.0666. The van der Waals surface area contributed by atoms with E-state index in [-0.39, 0.29) is 22.2 Å². The average molecular weight is 320 g/mol. The fourth-order valence-electron chi connectivity index (χ4n) is 1.65. The first-order valence-corrected chi connectivity index (χ1v) is 7.20.